The largest absolute Gasteiger partial charge is 0.234 e. The molecule has 2 aliphatic carbocycles. The van der Waals surface area contributed by atoms with Crippen molar-refractivity contribution in [1.29, 1.82) is 0 Å². The summed E-state index contributed by atoms with van der Waals surface area (Å²) >= 11 is 0. The molecule has 3 rings (SSSR count). The first kappa shape index (κ1) is 7.26. The highest BCUT2D eigenvalue weighted by Gasteiger charge is 2.54. The molecule has 0 unspecified atom stereocenters. The van der Waals surface area contributed by atoms with E-state index in [1.807, 2.05) is 0 Å². The zero-order valence-electron chi connectivity index (χ0n) is 6.88. The molecule has 0 bridgehead atoms. The van der Waals surface area contributed by atoms with Gasteiger partial charge in [0, 0.05) is 25.7 Å². The van der Waals surface area contributed by atoms with Crippen molar-refractivity contribution in [3.05, 3.63) is 0 Å². The van der Waals surface area contributed by atoms with Gasteiger partial charge in [0.05, 0.1) is 0 Å². The Balaban J connectivity index is 1.65. The summed E-state index contributed by atoms with van der Waals surface area (Å²) in [5.74, 6) is -1.11. The topological polar surface area (TPSA) is 36.9 Å². The van der Waals surface area contributed by atoms with E-state index >= 15 is 0 Å². The summed E-state index contributed by atoms with van der Waals surface area (Å²) in [7, 11) is 0. The van der Waals surface area contributed by atoms with Crippen molar-refractivity contribution >= 4 is 0 Å². The number of hydrogen-bond acceptors (Lipinski definition) is 4. The molecule has 2 saturated carbocycles. The lowest BCUT2D eigenvalue weighted by atomic mass is 9.90. The highest BCUT2D eigenvalue weighted by atomic mass is 17.4. The fraction of sp³-hybridized carbons (Fsp3) is 1.00. The minimum absolute atomic E-state index is 0.555. The van der Waals surface area contributed by atoms with Gasteiger partial charge in [-0.25, -0.2) is 0 Å². The molecule has 3 fully saturated rings. The molecule has 2 spiro atoms. The summed E-state index contributed by atoms with van der Waals surface area (Å²) in [6.07, 6.45) is 5.76. The molecular formula is C8H12O4. The van der Waals surface area contributed by atoms with E-state index < -0.39 is 11.6 Å². The van der Waals surface area contributed by atoms with Crippen LogP contribution >= 0.6 is 0 Å². The van der Waals surface area contributed by atoms with Crippen LogP contribution in [0.3, 0.4) is 0 Å². The van der Waals surface area contributed by atoms with E-state index in [9.17, 15) is 0 Å². The predicted molar refractivity (Wildman–Crippen MR) is 37.5 cm³/mol. The quantitative estimate of drug-likeness (QED) is 0.521. The predicted octanol–water partition coefficient (Wildman–Crippen LogP) is 1.66. The maximum atomic E-state index is 5.21. The molecule has 0 aromatic carbocycles. The first-order valence-electron chi connectivity index (χ1n) is 4.56. The summed E-state index contributed by atoms with van der Waals surface area (Å²) in [5, 5.41) is 0. The average molecular weight is 172 g/mol. The standard InChI is InChI=1S/C8H12O4/c1-3-7(4-1)9-11-8(12-10-7)5-2-6-8/h1-6H2. The summed E-state index contributed by atoms with van der Waals surface area (Å²) < 4.78 is 0. The van der Waals surface area contributed by atoms with E-state index in [2.05, 4.69) is 0 Å². The molecule has 4 nitrogen and oxygen atoms in total. The van der Waals surface area contributed by atoms with E-state index in [0.29, 0.717) is 0 Å². The lowest BCUT2D eigenvalue weighted by Gasteiger charge is -2.49. The molecule has 0 N–H and O–H groups in total. The van der Waals surface area contributed by atoms with Crippen LogP contribution in [0.1, 0.15) is 38.5 Å². The van der Waals surface area contributed by atoms with E-state index in [1.165, 1.54) is 0 Å². The van der Waals surface area contributed by atoms with Gasteiger partial charge >= 0.3 is 0 Å². The lowest BCUT2D eigenvalue weighted by Crippen LogP contribution is -2.56. The van der Waals surface area contributed by atoms with E-state index in [-0.39, 0.29) is 0 Å². The molecule has 0 amide bonds. The maximum Gasteiger partial charge on any atom is 0.234 e. The SMILES string of the molecule is C1CC2(C1)OOC1(CCC1)OO2. The fourth-order valence-electron chi connectivity index (χ4n) is 1.60. The monoisotopic (exact) mass is 172 g/mol. The molecule has 12 heavy (non-hydrogen) atoms. The molecule has 1 heterocycles. The van der Waals surface area contributed by atoms with Crippen LogP contribution in [0.4, 0.5) is 0 Å². The van der Waals surface area contributed by atoms with Gasteiger partial charge < -0.3 is 0 Å². The van der Waals surface area contributed by atoms with Gasteiger partial charge in [0.15, 0.2) is 0 Å². The van der Waals surface area contributed by atoms with Crippen molar-refractivity contribution < 1.29 is 19.6 Å². The Kier molecular flexibility index (Phi) is 1.33. The molecule has 68 valence electrons. The Bertz CT molecular complexity index is 161. The van der Waals surface area contributed by atoms with Gasteiger partial charge in [-0.3, -0.25) is 0 Å². The number of hydrogen-bond donors (Lipinski definition) is 0. The van der Waals surface area contributed by atoms with Crippen LogP contribution in [0.2, 0.25) is 0 Å². The van der Waals surface area contributed by atoms with E-state index in [1.54, 1.807) is 0 Å². The van der Waals surface area contributed by atoms with Crippen molar-refractivity contribution in [2.24, 2.45) is 0 Å². The van der Waals surface area contributed by atoms with Crippen LogP contribution in [0, 0.1) is 0 Å². The fourth-order valence-corrected chi connectivity index (χ4v) is 1.60. The molecule has 0 atom stereocenters. The molecule has 0 aromatic rings. The molecular weight excluding hydrogens is 160 g/mol. The van der Waals surface area contributed by atoms with Crippen molar-refractivity contribution in [3.63, 3.8) is 0 Å². The second-order valence-electron chi connectivity index (χ2n) is 3.86. The Labute approximate surface area is 70.6 Å². The van der Waals surface area contributed by atoms with Gasteiger partial charge in [-0.05, 0) is 12.8 Å². The van der Waals surface area contributed by atoms with Gasteiger partial charge in [-0.1, -0.05) is 0 Å². The third kappa shape index (κ3) is 0.864. The lowest BCUT2D eigenvalue weighted by molar-refractivity contribution is -0.676. The van der Waals surface area contributed by atoms with Gasteiger partial charge in [0.1, 0.15) is 0 Å². The van der Waals surface area contributed by atoms with Crippen LogP contribution in [-0.2, 0) is 19.6 Å². The molecule has 1 aliphatic heterocycles. The zero-order valence-corrected chi connectivity index (χ0v) is 6.88. The van der Waals surface area contributed by atoms with Crippen LogP contribution < -0.4 is 0 Å². The van der Waals surface area contributed by atoms with Gasteiger partial charge in [0.25, 0.3) is 0 Å². The first-order chi connectivity index (χ1) is 5.83. The van der Waals surface area contributed by atoms with Crippen LogP contribution in [0.15, 0.2) is 0 Å². The third-order valence-electron chi connectivity index (χ3n) is 2.92. The first-order valence-corrected chi connectivity index (χ1v) is 4.56. The second-order valence-corrected chi connectivity index (χ2v) is 3.86. The Morgan fingerprint density at radius 2 is 0.917 bits per heavy atom. The zero-order chi connectivity index (χ0) is 8.07. The second kappa shape index (κ2) is 2.20. The third-order valence-corrected chi connectivity index (χ3v) is 2.92. The Hall–Kier alpha value is -0.160. The molecule has 3 aliphatic rings. The summed E-state index contributed by atoms with van der Waals surface area (Å²) in [5.41, 5.74) is 0. The minimum Gasteiger partial charge on any atom is -0.195 e. The van der Waals surface area contributed by atoms with Crippen molar-refractivity contribution in [1.82, 2.24) is 0 Å². The summed E-state index contributed by atoms with van der Waals surface area (Å²) in [6.45, 7) is 0. The smallest absolute Gasteiger partial charge is 0.195 e. The van der Waals surface area contributed by atoms with Gasteiger partial charge in [0.2, 0.25) is 11.6 Å². The van der Waals surface area contributed by atoms with Crippen LogP contribution in [0.5, 0.6) is 0 Å². The Morgan fingerprint density at radius 3 is 1.08 bits per heavy atom. The minimum atomic E-state index is -0.555. The number of rotatable bonds is 0. The summed E-state index contributed by atoms with van der Waals surface area (Å²) in [4.78, 5) is 20.8. The summed E-state index contributed by atoms with van der Waals surface area (Å²) in [6, 6.07) is 0. The molecule has 0 radical (unpaired) electrons. The van der Waals surface area contributed by atoms with Gasteiger partial charge in [-0.15, -0.1) is 0 Å². The molecule has 0 aromatic heterocycles. The highest BCUT2D eigenvalue weighted by Crippen LogP contribution is 2.47. The van der Waals surface area contributed by atoms with Crippen LogP contribution in [-0.4, -0.2) is 11.6 Å². The molecule has 4 heteroatoms. The van der Waals surface area contributed by atoms with E-state index in [4.69, 9.17) is 19.6 Å². The van der Waals surface area contributed by atoms with Gasteiger partial charge in [-0.2, -0.15) is 19.6 Å². The van der Waals surface area contributed by atoms with Crippen LogP contribution in [0.25, 0.3) is 0 Å². The average Bonchev–Trinajstić information content (AvgIpc) is 1.99. The van der Waals surface area contributed by atoms with Crippen molar-refractivity contribution in [2.75, 3.05) is 0 Å². The normalized spacial score (nSPS) is 36.0. The van der Waals surface area contributed by atoms with Crippen molar-refractivity contribution in [3.8, 4) is 0 Å². The molecule has 1 saturated heterocycles. The Morgan fingerprint density at radius 1 is 0.583 bits per heavy atom. The highest BCUT2D eigenvalue weighted by molar-refractivity contribution is 4.83. The van der Waals surface area contributed by atoms with Crippen molar-refractivity contribution in [2.45, 2.75) is 50.1 Å². The van der Waals surface area contributed by atoms with E-state index in [0.717, 1.165) is 38.5 Å². The maximum absolute atomic E-state index is 5.21.